The van der Waals surface area contributed by atoms with Gasteiger partial charge in [-0.15, -0.1) is 0 Å². The number of carbonyl (C=O) groups is 1. The van der Waals surface area contributed by atoms with Crippen molar-refractivity contribution in [3.05, 3.63) is 108 Å². The highest BCUT2D eigenvalue weighted by Gasteiger charge is 2.25. The number of aromatic hydroxyl groups is 2. The second kappa shape index (κ2) is 14.3. The van der Waals surface area contributed by atoms with Gasteiger partial charge in [0.2, 0.25) is 0 Å². The van der Waals surface area contributed by atoms with Crippen LogP contribution >= 0.6 is 0 Å². The fourth-order valence-electron chi connectivity index (χ4n) is 5.74. The van der Waals surface area contributed by atoms with E-state index in [0.29, 0.717) is 11.1 Å². The number of anilines is 4. The lowest BCUT2D eigenvalue weighted by molar-refractivity contribution is 0.250. The van der Waals surface area contributed by atoms with Gasteiger partial charge in [-0.1, -0.05) is 36.4 Å². The predicted molar refractivity (Wildman–Crippen MR) is 206 cm³/mol. The third-order valence-corrected chi connectivity index (χ3v) is 12.8. The SMILES string of the molecule is Cc1ccc(S(=O)(=O)NC(=O)NS(=O)(=O)c2ccc(C)c(Nc3cccc4cc(S(=O)(=O)O)cc(O)c34)c2)cc1Nc1cccc2cc(S(=O)(=O)O)cc(O)c12. The number of benzene rings is 6. The Kier molecular flexibility index (Phi) is 10.1. The van der Waals surface area contributed by atoms with Crippen LogP contribution in [-0.4, -0.2) is 59.0 Å². The fourth-order valence-corrected chi connectivity index (χ4v) is 8.75. The van der Waals surface area contributed by atoms with E-state index in [-0.39, 0.29) is 44.3 Å². The van der Waals surface area contributed by atoms with E-state index in [9.17, 15) is 57.8 Å². The van der Waals surface area contributed by atoms with Gasteiger partial charge in [-0.05, 0) is 84.3 Å². The Morgan fingerprint density at radius 2 is 0.857 bits per heavy atom. The van der Waals surface area contributed by atoms with Crippen molar-refractivity contribution in [2.24, 2.45) is 0 Å². The Morgan fingerprint density at radius 1 is 0.482 bits per heavy atom. The van der Waals surface area contributed by atoms with Crippen LogP contribution < -0.4 is 20.1 Å². The molecular formula is C35H30N4O13S4. The number of fused-ring (bicyclic) bond motifs is 2. The summed E-state index contributed by atoms with van der Waals surface area (Å²) in [6.45, 7) is 3.25. The molecular weight excluding hydrogens is 813 g/mol. The number of hydrogen-bond donors (Lipinski definition) is 8. The van der Waals surface area contributed by atoms with Crippen molar-refractivity contribution in [2.45, 2.75) is 33.4 Å². The zero-order valence-corrected chi connectivity index (χ0v) is 32.1. The highest BCUT2D eigenvalue weighted by Crippen LogP contribution is 2.38. The number of carbonyl (C=O) groups excluding carboxylic acids is 1. The Morgan fingerprint density at radius 3 is 1.21 bits per heavy atom. The van der Waals surface area contributed by atoms with Crippen LogP contribution in [0.1, 0.15) is 11.1 Å². The molecule has 0 radical (unpaired) electrons. The fraction of sp³-hybridized carbons (Fsp3) is 0.0571. The van der Waals surface area contributed by atoms with Gasteiger partial charge >= 0.3 is 6.03 Å². The summed E-state index contributed by atoms with van der Waals surface area (Å²) in [5.74, 6) is -0.999. The number of nitrogens with one attached hydrogen (secondary N) is 4. The average molecular weight is 843 g/mol. The number of sulfonamides is 2. The minimum Gasteiger partial charge on any atom is -0.507 e. The standard InChI is InChI=1S/C35H30N4O13S4/c1-19-9-11-23(15-29(19)36-27-7-3-5-21-13-25(55(47,48)49)17-31(40)33(21)27)53(43,44)38-35(42)39-54(45,46)24-12-10-20(2)30(16-24)37-28-8-4-6-22-14-26(56(50,51)52)18-32(41)34(22)28/h3-18,36-37,40-41H,1-2H3,(H2,38,39,42)(H,47,48,49)(H,50,51,52). The molecule has 0 aliphatic heterocycles. The Hall–Kier alpha value is -5.97. The van der Waals surface area contributed by atoms with E-state index in [0.717, 1.165) is 48.5 Å². The molecule has 6 rings (SSSR count). The van der Waals surface area contributed by atoms with Crippen LogP contribution in [0, 0.1) is 13.8 Å². The number of amides is 2. The first-order chi connectivity index (χ1) is 26.0. The molecule has 0 saturated heterocycles. The molecule has 0 fully saturated rings. The largest absolute Gasteiger partial charge is 0.507 e. The monoisotopic (exact) mass is 842 g/mol. The van der Waals surface area contributed by atoms with Crippen LogP contribution in [0.15, 0.2) is 117 Å². The molecule has 0 spiro atoms. The molecule has 6 aromatic rings. The van der Waals surface area contributed by atoms with Crippen molar-refractivity contribution >= 4 is 90.6 Å². The number of hydrogen-bond acceptors (Lipinski definition) is 13. The van der Waals surface area contributed by atoms with Crippen molar-refractivity contribution < 1.29 is 57.8 Å². The third kappa shape index (κ3) is 8.17. The number of aryl methyl sites for hydroxylation is 2. The predicted octanol–water partition coefficient (Wildman–Crippen LogP) is 5.38. The van der Waals surface area contributed by atoms with Crippen LogP contribution in [0.2, 0.25) is 0 Å². The van der Waals surface area contributed by atoms with Crippen molar-refractivity contribution in [3.8, 4) is 11.5 Å². The Bertz CT molecular complexity index is 2880. The van der Waals surface area contributed by atoms with Gasteiger partial charge < -0.3 is 20.8 Å². The minimum atomic E-state index is -4.71. The quantitative estimate of drug-likeness (QED) is 0.0804. The van der Waals surface area contributed by atoms with Gasteiger partial charge in [-0.3, -0.25) is 9.11 Å². The summed E-state index contributed by atoms with van der Waals surface area (Å²) in [4.78, 5) is 10.9. The van der Waals surface area contributed by atoms with Gasteiger partial charge in [0.15, 0.2) is 0 Å². The molecule has 0 bridgehead atoms. The van der Waals surface area contributed by atoms with E-state index in [1.807, 2.05) is 0 Å². The topological polar surface area (TPSA) is 283 Å². The molecule has 21 heteroatoms. The highest BCUT2D eigenvalue weighted by atomic mass is 32.2. The minimum absolute atomic E-state index is 0.147. The third-order valence-electron chi connectivity index (χ3n) is 8.49. The van der Waals surface area contributed by atoms with Crippen LogP contribution in [0.3, 0.4) is 0 Å². The summed E-state index contributed by atoms with van der Waals surface area (Å²) < 4.78 is 122. The molecule has 0 aliphatic rings. The van der Waals surface area contributed by atoms with Gasteiger partial charge in [0, 0.05) is 34.3 Å². The van der Waals surface area contributed by atoms with E-state index in [2.05, 4.69) is 10.6 Å². The first-order valence-electron chi connectivity index (χ1n) is 15.8. The molecule has 292 valence electrons. The summed E-state index contributed by atoms with van der Waals surface area (Å²) in [5.41, 5.74) is 1.84. The van der Waals surface area contributed by atoms with Crippen LogP contribution in [0.4, 0.5) is 27.5 Å². The summed E-state index contributed by atoms with van der Waals surface area (Å²) in [6, 6.07) is 18.8. The van der Waals surface area contributed by atoms with E-state index in [1.165, 1.54) is 48.5 Å². The van der Waals surface area contributed by atoms with Crippen molar-refractivity contribution in [1.82, 2.24) is 9.44 Å². The zero-order valence-electron chi connectivity index (χ0n) is 28.8. The first-order valence-corrected chi connectivity index (χ1v) is 21.7. The lowest BCUT2D eigenvalue weighted by atomic mass is 10.1. The molecule has 0 unspecified atom stereocenters. The summed E-state index contributed by atoms with van der Waals surface area (Å²) in [7, 11) is -18.7. The molecule has 0 aromatic heterocycles. The summed E-state index contributed by atoms with van der Waals surface area (Å²) >= 11 is 0. The Labute approximate surface area is 320 Å². The molecule has 0 heterocycles. The highest BCUT2D eigenvalue weighted by molar-refractivity contribution is 7.91. The van der Waals surface area contributed by atoms with Crippen molar-refractivity contribution in [2.75, 3.05) is 10.6 Å². The summed E-state index contributed by atoms with van der Waals surface area (Å²) in [6.07, 6.45) is 0. The van der Waals surface area contributed by atoms with Crippen LogP contribution in [-0.2, 0) is 40.3 Å². The van der Waals surface area contributed by atoms with Gasteiger partial charge in [-0.2, -0.15) is 16.8 Å². The van der Waals surface area contributed by atoms with E-state index >= 15 is 0 Å². The molecule has 0 atom stereocenters. The number of rotatable bonds is 10. The lowest BCUT2D eigenvalue weighted by Crippen LogP contribution is -2.42. The van der Waals surface area contributed by atoms with E-state index in [4.69, 9.17) is 0 Å². The summed E-state index contributed by atoms with van der Waals surface area (Å²) in [5, 5.41) is 27.9. The van der Waals surface area contributed by atoms with Crippen molar-refractivity contribution in [1.29, 1.82) is 0 Å². The molecule has 6 aromatic carbocycles. The van der Waals surface area contributed by atoms with Gasteiger partial charge in [0.1, 0.15) is 11.5 Å². The molecule has 56 heavy (non-hydrogen) atoms. The second-order valence-electron chi connectivity index (χ2n) is 12.4. The number of phenolic OH excluding ortho intramolecular Hbond substituents is 2. The normalized spacial score (nSPS) is 12.4. The Balaban J connectivity index is 1.22. The maximum absolute atomic E-state index is 13.3. The van der Waals surface area contributed by atoms with Gasteiger partial charge in [0.05, 0.1) is 31.0 Å². The first kappa shape index (κ1) is 39.7. The maximum atomic E-state index is 13.3. The second-order valence-corrected chi connectivity index (χ2v) is 18.6. The molecule has 0 aliphatic carbocycles. The number of phenols is 2. The van der Waals surface area contributed by atoms with E-state index < -0.39 is 77.4 Å². The van der Waals surface area contributed by atoms with Gasteiger partial charge in [0.25, 0.3) is 40.3 Å². The van der Waals surface area contributed by atoms with Gasteiger partial charge in [-0.25, -0.2) is 31.1 Å². The smallest absolute Gasteiger partial charge is 0.342 e. The molecule has 2 amide bonds. The molecule has 8 N–H and O–H groups in total. The van der Waals surface area contributed by atoms with Crippen LogP contribution in [0.25, 0.3) is 21.5 Å². The lowest BCUT2D eigenvalue weighted by Gasteiger charge is -2.16. The average Bonchev–Trinajstić information content (AvgIpc) is 3.08. The zero-order chi connectivity index (χ0) is 41.0. The van der Waals surface area contributed by atoms with E-state index in [1.54, 1.807) is 23.3 Å². The maximum Gasteiger partial charge on any atom is 0.342 e. The molecule has 0 saturated carbocycles. The van der Waals surface area contributed by atoms with Crippen LogP contribution in [0.5, 0.6) is 11.5 Å². The number of urea groups is 1. The van der Waals surface area contributed by atoms with Crippen molar-refractivity contribution in [3.63, 3.8) is 0 Å². The molecule has 17 nitrogen and oxygen atoms in total.